The molecule has 0 radical (unpaired) electrons. The molecule has 0 fully saturated rings. The molecular formula is C37H30BN2O2Pt-. The van der Waals surface area contributed by atoms with Gasteiger partial charge in [-0.25, -0.2) is 0 Å². The van der Waals surface area contributed by atoms with Crippen molar-refractivity contribution < 1.29 is 31.0 Å². The SMILES string of the molecule is CC(=O)/C=C(/C)O.Cc1ccc(-c2c(B3c4ccc[c-]c4-c4ncccc43)n(-c3ccccc3)c3ccccc23)cc1.[Pt]. The maximum Gasteiger partial charge on any atom is 0.204 e. The van der Waals surface area contributed by atoms with Gasteiger partial charge in [0.15, 0.2) is 5.78 Å². The van der Waals surface area contributed by atoms with E-state index in [2.05, 4.69) is 121 Å². The van der Waals surface area contributed by atoms with Crippen LogP contribution in [0.1, 0.15) is 19.4 Å². The monoisotopic (exact) mass is 740 g/mol. The van der Waals surface area contributed by atoms with Crippen LogP contribution >= 0.6 is 0 Å². The average Bonchev–Trinajstić information content (AvgIpc) is 3.50. The molecule has 0 bridgehead atoms. The maximum absolute atomic E-state index is 10.0. The van der Waals surface area contributed by atoms with Crippen molar-refractivity contribution in [3.05, 3.63) is 139 Å². The number of para-hydroxylation sites is 2. The quantitative estimate of drug-likeness (QED) is 0.0994. The molecule has 0 amide bonds. The summed E-state index contributed by atoms with van der Waals surface area (Å²) in [4.78, 5) is 14.8. The topological polar surface area (TPSA) is 55.1 Å². The van der Waals surface area contributed by atoms with Crippen LogP contribution in [0.2, 0.25) is 0 Å². The van der Waals surface area contributed by atoms with Gasteiger partial charge in [0.1, 0.15) is 0 Å². The van der Waals surface area contributed by atoms with Gasteiger partial charge < -0.3 is 14.7 Å². The van der Waals surface area contributed by atoms with Crippen molar-refractivity contribution >= 4 is 39.9 Å². The van der Waals surface area contributed by atoms with E-state index < -0.39 is 0 Å². The number of allylic oxidation sites excluding steroid dienone is 2. The summed E-state index contributed by atoms with van der Waals surface area (Å²) >= 11 is 0. The summed E-state index contributed by atoms with van der Waals surface area (Å²) in [6.45, 7) is 5.04. The summed E-state index contributed by atoms with van der Waals surface area (Å²) in [5.41, 5.74) is 12.1. The number of aromatic nitrogens is 2. The number of aliphatic hydroxyl groups excluding tert-OH is 1. The van der Waals surface area contributed by atoms with E-state index in [1.807, 2.05) is 12.3 Å². The van der Waals surface area contributed by atoms with Gasteiger partial charge in [-0.1, -0.05) is 77.8 Å². The first-order valence-corrected chi connectivity index (χ1v) is 14.0. The summed E-state index contributed by atoms with van der Waals surface area (Å²) in [5, 5.41) is 9.62. The van der Waals surface area contributed by atoms with Crippen molar-refractivity contribution in [1.29, 1.82) is 0 Å². The number of benzene rings is 4. The number of fused-ring (bicyclic) bond motifs is 4. The van der Waals surface area contributed by atoms with E-state index in [0.29, 0.717) is 0 Å². The van der Waals surface area contributed by atoms with Gasteiger partial charge in [0.05, 0.1) is 11.3 Å². The smallest absolute Gasteiger partial charge is 0.204 e. The van der Waals surface area contributed by atoms with E-state index >= 15 is 0 Å². The molecule has 1 aliphatic rings. The van der Waals surface area contributed by atoms with Crippen LogP contribution < -0.4 is 16.5 Å². The standard InChI is InChI=1S/C32H22BN2.C5H8O2.Pt/c1-22-17-19-23(20-18-22)30-26-13-6-8-16-29(26)35(24-10-3-2-4-11-24)32(30)33-27-14-7-5-12-25(27)31-28(33)15-9-21-34-31;1-4(6)3-5(2)7;/h2-11,13-21H,1H3;3,6H,1-2H3;/q-1;;/b;4-3-;. The maximum atomic E-state index is 10.0. The molecule has 4 nitrogen and oxygen atoms in total. The second-order valence-electron chi connectivity index (χ2n) is 10.6. The normalized spacial score (nSPS) is 11.7. The molecule has 4 aromatic carbocycles. The molecule has 0 unspecified atom stereocenters. The fourth-order valence-corrected chi connectivity index (χ4v) is 5.92. The number of aliphatic hydroxyl groups is 1. The molecule has 43 heavy (non-hydrogen) atoms. The van der Waals surface area contributed by atoms with E-state index in [0.717, 1.165) is 16.9 Å². The van der Waals surface area contributed by atoms with E-state index in [-0.39, 0.29) is 39.3 Å². The number of carbonyl (C=O) groups is 1. The zero-order valence-corrected chi connectivity index (χ0v) is 26.5. The predicted molar refractivity (Wildman–Crippen MR) is 174 cm³/mol. The van der Waals surface area contributed by atoms with Gasteiger partial charge in [0, 0.05) is 50.0 Å². The molecule has 6 aromatic rings. The van der Waals surface area contributed by atoms with E-state index in [4.69, 9.17) is 10.1 Å². The second kappa shape index (κ2) is 12.8. The molecule has 0 saturated heterocycles. The predicted octanol–water partition coefficient (Wildman–Crippen LogP) is 6.33. The Hall–Kier alpha value is -4.47. The molecule has 2 aromatic heterocycles. The Balaban J connectivity index is 0.000000415. The minimum absolute atomic E-state index is 0. The first kappa shape index (κ1) is 30.0. The molecule has 214 valence electrons. The van der Waals surface area contributed by atoms with E-state index in [1.165, 1.54) is 64.0 Å². The van der Waals surface area contributed by atoms with Crippen LogP contribution in [0.5, 0.6) is 0 Å². The number of aryl methyl sites for hydroxylation is 1. The third kappa shape index (κ3) is 5.78. The number of hydrogen-bond acceptors (Lipinski definition) is 3. The first-order valence-electron chi connectivity index (χ1n) is 14.0. The minimum atomic E-state index is -0.125. The number of ketones is 1. The van der Waals surface area contributed by atoms with Crippen molar-refractivity contribution in [3.63, 3.8) is 0 Å². The van der Waals surface area contributed by atoms with Crippen LogP contribution in [0.25, 0.3) is 39.0 Å². The molecule has 3 heterocycles. The molecule has 1 N–H and O–H groups in total. The summed E-state index contributed by atoms with van der Waals surface area (Å²) in [7, 11) is 0. The molecule has 0 spiro atoms. The second-order valence-corrected chi connectivity index (χ2v) is 10.6. The Kier molecular flexibility index (Phi) is 8.94. The van der Waals surface area contributed by atoms with Crippen LogP contribution in [0.3, 0.4) is 0 Å². The third-order valence-corrected chi connectivity index (χ3v) is 7.54. The molecule has 0 saturated carbocycles. The minimum Gasteiger partial charge on any atom is -0.512 e. The summed E-state index contributed by atoms with van der Waals surface area (Å²) in [5.74, 6) is -0.0625. The summed E-state index contributed by atoms with van der Waals surface area (Å²) in [6.07, 6.45) is 3.06. The fraction of sp³-hybridized carbons (Fsp3) is 0.0811. The number of carbonyl (C=O) groups excluding carboxylic acids is 1. The van der Waals surface area contributed by atoms with Crippen LogP contribution in [-0.4, -0.2) is 27.2 Å². The van der Waals surface area contributed by atoms with Crippen molar-refractivity contribution in [1.82, 2.24) is 9.55 Å². The Labute approximate surface area is 267 Å². The number of pyridine rings is 1. The first-order chi connectivity index (χ1) is 20.4. The summed E-state index contributed by atoms with van der Waals surface area (Å²) < 4.78 is 2.45. The Morgan fingerprint density at radius 2 is 1.56 bits per heavy atom. The van der Waals surface area contributed by atoms with Crippen molar-refractivity contribution in [2.75, 3.05) is 0 Å². The Morgan fingerprint density at radius 3 is 2.26 bits per heavy atom. The van der Waals surface area contributed by atoms with Gasteiger partial charge in [0.2, 0.25) is 6.71 Å². The molecule has 0 atom stereocenters. The van der Waals surface area contributed by atoms with Crippen LogP contribution in [0.4, 0.5) is 0 Å². The van der Waals surface area contributed by atoms with Gasteiger partial charge in [-0.3, -0.25) is 4.79 Å². The molecule has 0 aliphatic carbocycles. The fourth-order valence-electron chi connectivity index (χ4n) is 5.92. The van der Waals surface area contributed by atoms with E-state index in [1.54, 1.807) is 0 Å². The molecule has 7 rings (SSSR count). The number of nitrogens with zero attached hydrogens (tertiary/aromatic N) is 2. The third-order valence-electron chi connectivity index (χ3n) is 7.54. The zero-order chi connectivity index (χ0) is 29.2. The van der Waals surface area contributed by atoms with Gasteiger partial charge >= 0.3 is 0 Å². The number of rotatable bonds is 4. The largest absolute Gasteiger partial charge is 0.512 e. The molecule has 1 aliphatic heterocycles. The van der Waals surface area contributed by atoms with E-state index in [9.17, 15) is 4.79 Å². The van der Waals surface area contributed by atoms with Crippen LogP contribution in [0, 0.1) is 13.0 Å². The Bertz CT molecular complexity index is 1900. The average molecular weight is 741 g/mol. The molecular weight excluding hydrogens is 710 g/mol. The Morgan fingerprint density at radius 1 is 0.860 bits per heavy atom. The zero-order valence-electron chi connectivity index (χ0n) is 24.2. The van der Waals surface area contributed by atoms with Crippen molar-refractivity contribution in [3.8, 4) is 28.1 Å². The molecule has 6 heteroatoms. The summed E-state index contributed by atoms with van der Waals surface area (Å²) in [6, 6.07) is 42.5. The van der Waals surface area contributed by atoms with Crippen LogP contribution in [-0.2, 0) is 25.9 Å². The number of hydrogen-bond donors (Lipinski definition) is 1. The van der Waals surface area contributed by atoms with Gasteiger partial charge in [0.25, 0.3) is 0 Å². The van der Waals surface area contributed by atoms with Crippen molar-refractivity contribution in [2.45, 2.75) is 20.8 Å². The van der Waals surface area contributed by atoms with Crippen LogP contribution in [0.15, 0.2) is 127 Å². The van der Waals surface area contributed by atoms with Gasteiger partial charge in [-0.05, 0) is 61.9 Å². The van der Waals surface area contributed by atoms with Gasteiger partial charge in [-0.2, -0.15) is 0 Å². The van der Waals surface area contributed by atoms with Crippen molar-refractivity contribution in [2.24, 2.45) is 0 Å². The van der Waals surface area contributed by atoms with Gasteiger partial charge in [-0.15, -0.1) is 35.3 Å².